The van der Waals surface area contributed by atoms with Gasteiger partial charge in [-0.2, -0.15) is 0 Å². The van der Waals surface area contributed by atoms with Crippen molar-refractivity contribution in [1.29, 1.82) is 0 Å². The fourth-order valence-electron chi connectivity index (χ4n) is 5.36. The first-order valence-electron chi connectivity index (χ1n) is 16.6. The molecule has 6 aromatic rings. The lowest BCUT2D eigenvalue weighted by atomic mass is 10.1. The Morgan fingerprint density at radius 3 is 1.98 bits per heavy atom. The SMILES string of the molecule is COc1ccccc1-c1ccc(/C=C(/NC(=O)c2ccccc2)C(=O)Nc2ccc(SC(C(=O)Nc3ccc(C(C)=O)cc3)c3ccccc3)cc2)o1. The molecule has 0 spiro atoms. The van der Waals surface area contributed by atoms with Crippen molar-refractivity contribution in [3.8, 4) is 17.1 Å². The van der Waals surface area contributed by atoms with E-state index < -0.39 is 17.1 Å². The third-order valence-corrected chi connectivity index (χ3v) is 9.35. The number of rotatable bonds is 13. The Bertz CT molecular complexity index is 2250. The van der Waals surface area contributed by atoms with E-state index in [1.54, 1.807) is 86.0 Å². The van der Waals surface area contributed by atoms with E-state index >= 15 is 0 Å². The quantitative estimate of drug-likeness (QED) is 0.0617. The number of anilines is 2. The van der Waals surface area contributed by atoms with Crippen LogP contribution in [0.25, 0.3) is 17.4 Å². The van der Waals surface area contributed by atoms with Crippen LogP contribution in [-0.2, 0) is 9.59 Å². The summed E-state index contributed by atoms with van der Waals surface area (Å²) in [6.07, 6.45) is 1.47. The fraction of sp³-hybridized carbons (Fsp3) is 0.0698. The van der Waals surface area contributed by atoms with E-state index in [0.29, 0.717) is 39.8 Å². The van der Waals surface area contributed by atoms with E-state index in [1.165, 1.54) is 24.8 Å². The van der Waals surface area contributed by atoms with E-state index in [0.717, 1.165) is 16.0 Å². The van der Waals surface area contributed by atoms with Crippen LogP contribution in [0, 0.1) is 0 Å². The lowest BCUT2D eigenvalue weighted by Gasteiger charge is -2.18. The molecule has 9 nitrogen and oxygen atoms in total. The first-order valence-corrected chi connectivity index (χ1v) is 17.5. The van der Waals surface area contributed by atoms with Crippen molar-refractivity contribution in [3.05, 3.63) is 174 Å². The zero-order valence-electron chi connectivity index (χ0n) is 28.9. The molecule has 1 unspecified atom stereocenters. The van der Waals surface area contributed by atoms with Crippen LogP contribution in [0.4, 0.5) is 11.4 Å². The van der Waals surface area contributed by atoms with Crippen LogP contribution in [0.1, 0.15) is 44.2 Å². The van der Waals surface area contributed by atoms with Crippen LogP contribution in [0.15, 0.2) is 161 Å². The predicted molar refractivity (Wildman–Crippen MR) is 208 cm³/mol. The summed E-state index contributed by atoms with van der Waals surface area (Å²) in [4.78, 5) is 52.9. The lowest BCUT2D eigenvalue weighted by Crippen LogP contribution is -2.30. The lowest BCUT2D eigenvalue weighted by molar-refractivity contribution is -0.116. The van der Waals surface area contributed by atoms with Gasteiger partial charge < -0.3 is 25.1 Å². The van der Waals surface area contributed by atoms with Gasteiger partial charge >= 0.3 is 0 Å². The first-order chi connectivity index (χ1) is 25.8. The zero-order chi connectivity index (χ0) is 37.2. The van der Waals surface area contributed by atoms with Crippen LogP contribution < -0.4 is 20.7 Å². The minimum atomic E-state index is -0.596. The topological polar surface area (TPSA) is 127 Å². The molecule has 264 valence electrons. The summed E-state index contributed by atoms with van der Waals surface area (Å²) in [6, 6.07) is 42.7. The molecule has 0 aliphatic carbocycles. The van der Waals surface area contributed by atoms with Gasteiger partial charge in [-0.05, 0) is 97.4 Å². The van der Waals surface area contributed by atoms with Crippen LogP contribution in [0.3, 0.4) is 0 Å². The van der Waals surface area contributed by atoms with Crippen molar-refractivity contribution in [2.75, 3.05) is 17.7 Å². The van der Waals surface area contributed by atoms with Gasteiger partial charge in [-0.1, -0.05) is 60.7 Å². The Kier molecular flexibility index (Phi) is 11.6. The normalized spacial score (nSPS) is 11.6. The number of carbonyl (C=O) groups excluding carboxylic acids is 4. The Morgan fingerprint density at radius 2 is 1.30 bits per heavy atom. The number of ether oxygens (including phenoxy) is 1. The van der Waals surface area contributed by atoms with Gasteiger partial charge in [0.05, 0.1) is 12.7 Å². The minimum absolute atomic E-state index is 0.0321. The maximum absolute atomic E-state index is 13.7. The second-order valence-electron chi connectivity index (χ2n) is 11.8. The Labute approximate surface area is 311 Å². The van der Waals surface area contributed by atoms with E-state index in [1.807, 2.05) is 66.7 Å². The molecule has 6 rings (SSSR count). The number of amides is 3. The number of ketones is 1. The van der Waals surface area contributed by atoms with Gasteiger partial charge in [-0.3, -0.25) is 19.2 Å². The molecule has 1 heterocycles. The molecule has 0 aliphatic heterocycles. The molecule has 0 radical (unpaired) electrons. The highest BCUT2D eigenvalue weighted by molar-refractivity contribution is 8.00. The van der Waals surface area contributed by atoms with Crippen LogP contribution >= 0.6 is 11.8 Å². The second kappa shape index (κ2) is 17.0. The summed E-state index contributed by atoms with van der Waals surface area (Å²) < 4.78 is 11.5. The van der Waals surface area contributed by atoms with Gasteiger partial charge in [0.1, 0.15) is 28.2 Å². The number of carbonyl (C=O) groups is 4. The van der Waals surface area contributed by atoms with Crippen molar-refractivity contribution < 1.29 is 28.3 Å². The molecule has 1 atom stereocenters. The predicted octanol–water partition coefficient (Wildman–Crippen LogP) is 9.04. The molecule has 0 aliphatic rings. The number of Topliss-reactive ketones (excluding diaryl/α,β-unsaturated/α-hetero) is 1. The Morgan fingerprint density at radius 1 is 0.679 bits per heavy atom. The number of para-hydroxylation sites is 1. The van der Waals surface area contributed by atoms with Crippen molar-refractivity contribution in [2.45, 2.75) is 17.1 Å². The van der Waals surface area contributed by atoms with Gasteiger partial charge in [0.15, 0.2) is 5.78 Å². The maximum atomic E-state index is 13.7. The van der Waals surface area contributed by atoms with Crippen molar-refractivity contribution in [1.82, 2.24) is 5.32 Å². The van der Waals surface area contributed by atoms with Crippen molar-refractivity contribution in [2.24, 2.45) is 0 Å². The largest absolute Gasteiger partial charge is 0.496 e. The van der Waals surface area contributed by atoms with E-state index in [9.17, 15) is 19.2 Å². The van der Waals surface area contributed by atoms with Crippen LogP contribution in [0.5, 0.6) is 5.75 Å². The molecule has 0 bridgehead atoms. The average Bonchev–Trinajstić information content (AvgIpc) is 3.66. The molecule has 3 amide bonds. The van der Waals surface area contributed by atoms with E-state index in [-0.39, 0.29) is 17.4 Å². The van der Waals surface area contributed by atoms with Gasteiger partial charge in [-0.25, -0.2) is 0 Å². The molecule has 10 heteroatoms. The fourth-order valence-corrected chi connectivity index (χ4v) is 6.38. The second-order valence-corrected chi connectivity index (χ2v) is 13.0. The molecule has 0 fully saturated rings. The van der Waals surface area contributed by atoms with Gasteiger partial charge in [0.2, 0.25) is 5.91 Å². The summed E-state index contributed by atoms with van der Waals surface area (Å²) in [6.45, 7) is 1.49. The highest BCUT2D eigenvalue weighted by Crippen LogP contribution is 2.37. The summed E-state index contributed by atoms with van der Waals surface area (Å²) in [5, 5.41) is 7.95. The minimum Gasteiger partial charge on any atom is -0.496 e. The first kappa shape index (κ1) is 36.2. The molecule has 0 saturated heterocycles. The summed E-state index contributed by atoms with van der Waals surface area (Å²) in [5.74, 6) is 0.189. The van der Waals surface area contributed by atoms with Crippen molar-refractivity contribution in [3.63, 3.8) is 0 Å². The van der Waals surface area contributed by atoms with E-state index in [4.69, 9.17) is 9.15 Å². The number of methoxy groups -OCH3 is 1. The molecular formula is C43H35N3O6S. The number of nitrogens with one attached hydrogen (secondary N) is 3. The standard InChI is InChI=1S/C43H35N3O6S/c1-28(47)29-17-19-32(20-18-29)45-43(50)40(30-11-5-3-6-12-30)53-35-24-21-33(22-25-35)44-42(49)37(46-41(48)31-13-7-4-8-14-31)27-34-23-26-39(52-34)36-15-9-10-16-38(36)51-2/h3-27,40H,1-2H3,(H,44,49)(H,45,50)(H,46,48)/b37-27+. The zero-order valence-corrected chi connectivity index (χ0v) is 29.7. The highest BCUT2D eigenvalue weighted by atomic mass is 32.2. The molecule has 3 N–H and O–H groups in total. The number of hydrogen-bond acceptors (Lipinski definition) is 7. The van der Waals surface area contributed by atoms with Crippen LogP contribution in [-0.4, -0.2) is 30.6 Å². The third-order valence-electron chi connectivity index (χ3n) is 8.08. The maximum Gasteiger partial charge on any atom is 0.272 e. The summed E-state index contributed by atoms with van der Waals surface area (Å²) in [7, 11) is 1.58. The summed E-state index contributed by atoms with van der Waals surface area (Å²) in [5.41, 5.74) is 3.51. The number of benzene rings is 5. The average molecular weight is 722 g/mol. The van der Waals surface area contributed by atoms with Crippen molar-refractivity contribution >= 4 is 52.7 Å². The van der Waals surface area contributed by atoms with Gasteiger partial charge in [0, 0.05) is 33.5 Å². The van der Waals surface area contributed by atoms with Gasteiger partial charge in [-0.15, -0.1) is 11.8 Å². The molecular weight excluding hydrogens is 687 g/mol. The molecule has 5 aromatic carbocycles. The highest BCUT2D eigenvalue weighted by Gasteiger charge is 2.23. The monoisotopic (exact) mass is 721 g/mol. The number of furan rings is 1. The molecule has 1 aromatic heterocycles. The number of hydrogen-bond donors (Lipinski definition) is 3. The molecule has 53 heavy (non-hydrogen) atoms. The van der Waals surface area contributed by atoms with Gasteiger partial charge in [0.25, 0.3) is 11.8 Å². The Hall–Kier alpha value is -6.65. The molecule has 0 saturated carbocycles. The van der Waals surface area contributed by atoms with Crippen LogP contribution in [0.2, 0.25) is 0 Å². The Balaban J connectivity index is 1.20. The summed E-state index contributed by atoms with van der Waals surface area (Å²) >= 11 is 1.35. The third kappa shape index (κ3) is 9.37. The number of thioether (sulfide) groups is 1. The van der Waals surface area contributed by atoms with E-state index in [2.05, 4.69) is 16.0 Å². The smallest absolute Gasteiger partial charge is 0.272 e.